The maximum Gasteiger partial charge on any atom is 0.208 e. The fourth-order valence-corrected chi connectivity index (χ4v) is 3.01. The largest absolute Gasteiger partial charge is 0.445 e. The molecule has 4 nitrogen and oxygen atoms in total. The van der Waals surface area contributed by atoms with Gasteiger partial charge in [-0.15, -0.1) is 0 Å². The first-order valence-corrected chi connectivity index (χ1v) is 6.72. The third-order valence-electron chi connectivity index (χ3n) is 2.60. The molecule has 84 valence electrons. The summed E-state index contributed by atoms with van der Waals surface area (Å²) in [7, 11) is -0.584. The van der Waals surface area contributed by atoms with E-state index in [1.54, 1.807) is 6.20 Å². The van der Waals surface area contributed by atoms with Gasteiger partial charge in [-0.05, 0) is 19.8 Å². The second-order valence-electron chi connectivity index (χ2n) is 3.87. The van der Waals surface area contributed by atoms with Crippen molar-refractivity contribution in [1.29, 1.82) is 0 Å². The summed E-state index contributed by atoms with van der Waals surface area (Å²) in [5.74, 6) is 3.22. The summed E-state index contributed by atoms with van der Waals surface area (Å²) in [6, 6.07) is 0.468. The summed E-state index contributed by atoms with van der Waals surface area (Å²) in [4.78, 5) is 4.13. The predicted molar refractivity (Wildman–Crippen MR) is 59.0 cm³/mol. The number of hydrogen-bond acceptors (Lipinski definition) is 4. The SMILES string of the molecule is Cc1cnc(CNC2CCS(=O)CC2)o1. The third-order valence-corrected chi connectivity index (χ3v) is 3.98. The highest BCUT2D eigenvalue weighted by Crippen LogP contribution is 2.10. The fourth-order valence-electron chi connectivity index (χ4n) is 1.71. The number of rotatable bonds is 3. The number of nitrogens with one attached hydrogen (secondary N) is 1. The Morgan fingerprint density at radius 2 is 2.33 bits per heavy atom. The molecule has 0 spiro atoms. The smallest absolute Gasteiger partial charge is 0.208 e. The first-order valence-electron chi connectivity index (χ1n) is 5.24. The molecule has 0 bridgehead atoms. The van der Waals surface area contributed by atoms with Crippen molar-refractivity contribution in [2.24, 2.45) is 0 Å². The van der Waals surface area contributed by atoms with Gasteiger partial charge in [-0.25, -0.2) is 4.98 Å². The molecular formula is C10H16N2O2S. The number of oxazole rings is 1. The van der Waals surface area contributed by atoms with Crippen molar-refractivity contribution < 1.29 is 8.63 Å². The lowest BCUT2D eigenvalue weighted by molar-refractivity contribution is 0.407. The van der Waals surface area contributed by atoms with Crippen LogP contribution in [-0.4, -0.2) is 26.7 Å². The molecule has 0 radical (unpaired) electrons. The minimum absolute atomic E-state index is 0.468. The number of aryl methyl sites for hydroxylation is 1. The predicted octanol–water partition coefficient (Wildman–Crippen LogP) is 0.984. The van der Waals surface area contributed by atoms with Gasteiger partial charge in [0.25, 0.3) is 0 Å². The van der Waals surface area contributed by atoms with E-state index in [1.165, 1.54) is 0 Å². The van der Waals surface area contributed by atoms with Gasteiger partial charge in [-0.3, -0.25) is 4.21 Å². The Bertz CT molecular complexity index is 341. The number of aromatic nitrogens is 1. The average molecular weight is 228 g/mol. The summed E-state index contributed by atoms with van der Waals surface area (Å²) in [5.41, 5.74) is 0. The lowest BCUT2D eigenvalue weighted by atomic mass is 10.1. The molecule has 0 amide bonds. The van der Waals surface area contributed by atoms with Crippen LogP contribution in [0.5, 0.6) is 0 Å². The van der Waals surface area contributed by atoms with Gasteiger partial charge >= 0.3 is 0 Å². The molecule has 0 unspecified atom stereocenters. The lowest BCUT2D eigenvalue weighted by Crippen LogP contribution is -2.35. The molecule has 0 aromatic carbocycles. The Kier molecular flexibility index (Phi) is 3.53. The highest BCUT2D eigenvalue weighted by molar-refractivity contribution is 7.85. The summed E-state index contributed by atoms with van der Waals surface area (Å²) in [6.07, 6.45) is 3.71. The molecule has 1 aliphatic rings. The molecule has 1 aromatic rings. The van der Waals surface area contributed by atoms with Gasteiger partial charge in [0.15, 0.2) is 0 Å². The molecule has 1 fully saturated rings. The molecule has 1 aromatic heterocycles. The van der Waals surface area contributed by atoms with Crippen molar-refractivity contribution >= 4 is 10.8 Å². The summed E-state index contributed by atoms with van der Waals surface area (Å²) in [5, 5.41) is 3.38. The molecule has 15 heavy (non-hydrogen) atoms. The van der Waals surface area contributed by atoms with Crippen molar-refractivity contribution in [3.05, 3.63) is 17.8 Å². The van der Waals surface area contributed by atoms with Crippen LogP contribution >= 0.6 is 0 Å². The van der Waals surface area contributed by atoms with E-state index in [0.29, 0.717) is 12.6 Å². The molecule has 5 heteroatoms. The van der Waals surface area contributed by atoms with E-state index in [0.717, 1.165) is 36.0 Å². The van der Waals surface area contributed by atoms with Crippen LogP contribution in [0.2, 0.25) is 0 Å². The van der Waals surface area contributed by atoms with Crippen LogP contribution in [0.1, 0.15) is 24.5 Å². The topological polar surface area (TPSA) is 55.1 Å². The van der Waals surface area contributed by atoms with Crippen molar-refractivity contribution in [1.82, 2.24) is 10.3 Å². The first kappa shape index (κ1) is 10.8. The van der Waals surface area contributed by atoms with E-state index >= 15 is 0 Å². The lowest BCUT2D eigenvalue weighted by Gasteiger charge is -2.21. The quantitative estimate of drug-likeness (QED) is 0.838. The minimum Gasteiger partial charge on any atom is -0.445 e. The molecular weight excluding hydrogens is 212 g/mol. The van der Waals surface area contributed by atoms with Gasteiger partial charge in [-0.2, -0.15) is 0 Å². The first-order chi connectivity index (χ1) is 7.24. The van der Waals surface area contributed by atoms with Gasteiger partial charge in [0.2, 0.25) is 5.89 Å². The van der Waals surface area contributed by atoms with Gasteiger partial charge < -0.3 is 9.73 Å². The standard InChI is InChI=1S/C10H16N2O2S/c1-8-6-12-10(14-8)7-11-9-2-4-15(13)5-3-9/h6,9,11H,2-5,7H2,1H3. The van der Waals surface area contributed by atoms with Crippen molar-refractivity contribution in [2.75, 3.05) is 11.5 Å². The van der Waals surface area contributed by atoms with E-state index in [2.05, 4.69) is 10.3 Å². The number of hydrogen-bond donors (Lipinski definition) is 1. The Morgan fingerprint density at radius 3 is 2.93 bits per heavy atom. The van der Waals surface area contributed by atoms with Gasteiger partial charge in [0.05, 0.1) is 12.7 Å². The zero-order valence-corrected chi connectivity index (χ0v) is 9.68. The molecule has 2 heterocycles. The van der Waals surface area contributed by atoms with Crippen LogP contribution in [0.25, 0.3) is 0 Å². The Morgan fingerprint density at radius 1 is 1.60 bits per heavy atom. The van der Waals surface area contributed by atoms with Crippen LogP contribution < -0.4 is 5.32 Å². The van der Waals surface area contributed by atoms with Crippen molar-refractivity contribution in [3.63, 3.8) is 0 Å². The minimum atomic E-state index is -0.584. The summed E-state index contributed by atoms with van der Waals surface area (Å²) >= 11 is 0. The summed E-state index contributed by atoms with van der Waals surface area (Å²) in [6.45, 7) is 2.56. The highest BCUT2D eigenvalue weighted by Gasteiger charge is 2.17. The van der Waals surface area contributed by atoms with E-state index in [9.17, 15) is 4.21 Å². The molecule has 0 aliphatic carbocycles. The molecule has 1 N–H and O–H groups in total. The molecule has 1 aliphatic heterocycles. The van der Waals surface area contributed by atoms with Gasteiger partial charge in [0, 0.05) is 28.3 Å². The second-order valence-corrected chi connectivity index (χ2v) is 5.56. The monoisotopic (exact) mass is 228 g/mol. The van der Waals surface area contributed by atoms with Gasteiger partial charge in [-0.1, -0.05) is 0 Å². The highest BCUT2D eigenvalue weighted by atomic mass is 32.2. The van der Waals surface area contributed by atoms with Gasteiger partial charge in [0.1, 0.15) is 5.76 Å². The van der Waals surface area contributed by atoms with E-state index in [-0.39, 0.29) is 0 Å². The fraction of sp³-hybridized carbons (Fsp3) is 0.700. The molecule has 1 saturated heterocycles. The average Bonchev–Trinajstić information content (AvgIpc) is 2.64. The van der Waals surface area contributed by atoms with E-state index in [4.69, 9.17) is 4.42 Å². The van der Waals surface area contributed by atoms with Crippen molar-refractivity contribution in [3.8, 4) is 0 Å². The van der Waals surface area contributed by atoms with Crippen LogP contribution in [0.15, 0.2) is 10.6 Å². The maximum absolute atomic E-state index is 11.1. The van der Waals surface area contributed by atoms with Crippen LogP contribution in [0.4, 0.5) is 0 Å². The molecule has 0 saturated carbocycles. The molecule has 0 atom stereocenters. The Labute approximate surface area is 91.9 Å². The summed E-state index contributed by atoms with van der Waals surface area (Å²) < 4.78 is 16.5. The molecule has 2 rings (SSSR count). The zero-order valence-electron chi connectivity index (χ0n) is 8.86. The van der Waals surface area contributed by atoms with Crippen LogP contribution in [-0.2, 0) is 17.3 Å². The van der Waals surface area contributed by atoms with E-state index < -0.39 is 10.8 Å². The second kappa shape index (κ2) is 4.90. The number of nitrogens with zero attached hydrogens (tertiary/aromatic N) is 1. The Balaban J connectivity index is 1.76. The maximum atomic E-state index is 11.1. The Hall–Kier alpha value is -0.680. The normalized spacial score (nSPS) is 26.7. The zero-order chi connectivity index (χ0) is 10.7. The van der Waals surface area contributed by atoms with Crippen LogP contribution in [0.3, 0.4) is 0 Å². The van der Waals surface area contributed by atoms with Crippen LogP contribution in [0, 0.1) is 6.92 Å². The van der Waals surface area contributed by atoms with E-state index in [1.807, 2.05) is 6.92 Å². The third kappa shape index (κ3) is 3.14. The van der Waals surface area contributed by atoms with Crippen molar-refractivity contribution in [2.45, 2.75) is 32.4 Å².